The average Bonchev–Trinajstić information content (AvgIpc) is 3.51. The molecule has 1 aliphatic rings. The lowest BCUT2D eigenvalue weighted by Gasteiger charge is -2.15. The number of thioether (sulfide) groups is 1. The van der Waals surface area contributed by atoms with Gasteiger partial charge in [0.2, 0.25) is 5.91 Å². The molecule has 7 heteroatoms. The molecule has 1 saturated carbocycles. The molecule has 0 bridgehead atoms. The van der Waals surface area contributed by atoms with E-state index < -0.39 is 0 Å². The zero-order chi connectivity index (χ0) is 20.2. The first-order chi connectivity index (χ1) is 14.2. The van der Waals surface area contributed by atoms with E-state index in [1.54, 1.807) is 12.4 Å². The number of benzene rings is 1. The summed E-state index contributed by atoms with van der Waals surface area (Å²) in [4.78, 5) is 16.7. The van der Waals surface area contributed by atoms with Crippen LogP contribution < -0.4 is 5.32 Å². The summed E-state index contributed by atoms with van der Waals surface area (Å²) in [6, 6.07) is 12.7. The van der Waals surface area contributed by atoms with Crippen LogP contribution in [-0.2, 0) is 11.2 Å². The Morgan fingerprint density at radius 3 is 2.69 bits per heavy atom. The summed E-state index contributed by atoms with van der Waals surface area (Å²) in [6.07, 6.45) is 6.81. The third kappa shape index (κ3) is 4.67. The van der Waals surface area contributed by atoms with Crippen molar-refractivity contribution in [1.29, 1.82) is 0 Å². The topological polar surface area (TPSA) is 72.7 Å². The first-order valence-corrected chi connectivity index (χ1v) is 11.0. The number of aryl methyl sites for hydroxylation is 1. The highest BCUT2D eigenvalue weighted by atomic mass is 32.2. The number of amides is 1. The second-order valence-corrected chi connectivity index (χ2v) is 8.26. The number of nitrogens with one attached hydrogen (secondary N) is 1. The largest absolute Gasteiger partial charge is 0.349 e. The van der Waals surface area contributed by atoms with Crippen molar-refractivity contribution < 1.29 is 4.79 Å². The van der Waals surface area contributed by atoms with E-state index in [9.17, 15) is 4.79 Å². The van der Waals surface area contributed by atoms with E-state index in [-0.39, 0.29) is 11.9 Å². The molecule has 3 aromatic rings. The molecule has 4 rings (SSSR count). The van der Waals surface area contributed by atoms with Gasteiger partial charge in [0.15, 0.2) is 11.0 Å². The molecular formula is C22H25N5OS. The van der Waals surface area contributed by atoms with Gasteiger partial charge >= 0.3 is 0 Å². The summed E-state index contributed by atoms with van der Waals surface area (Å²) >= 11 is 1.44. The van der Waals surface area contributed by atoms with Gasteiger partial charge in [-0.2, -0.15) is 0 Å². The second-order valence-electron chi connectivity index (χ2n) is 7.32. The quantitative estimate of drug-likeness (QED) is 0.567. The Bertz CT molecular complexity index is 967. The Balaban J connectivity index is 1.40. The van der Waals surface area contributed by atoms with Crippen LogP contribution in [-0.4, -0.2) is 31.4 Å². The van der Waals surface area contributed by atoms with E-state index in [0.717, 1.165) is 41.4 Å². The van der Waals surface area contributed by atoms with Crippen LogP contribution in [0.3, 0.4) is 0 Å². The molecule has 6 nitrogen and oxygen atoms in total. The summed E-state index contributed by atoms with van der Waals surface area (Å²) in [5, 5.41) is 12.6. The molecule has 1 fully saturated rings. The summed E-state index contributed by atoms with van der Waals surface area (Å²) in [6.45, 7) is 4.15. The van der Waals surface area contributed by atoms with Crippen molar-refractivity contribution in [2.75, 3.05) is 5.75 Å². The van der Waals surface area contributed by atoms with Gasteiger partial charge in [-0.05, 0) is 49.4 Å². The summed E-state index contributed by atoms with van der Waals surface area (Å²) in [5.41, 5.74) is 3.36. The average molecular weight is 408 g/mol. The molecule has 0 saturated heterocycles. The summed E-state index contributed by atoms with van der Waals surface area (Å²) < 4.78 is 2.15. The lowest BCUT2D eigenvalue weighted by atomic mass is 10.1. The molecule has 2 aromatic heterocycles. The molecule has 0 aliphatic heterocycles. The van der Waals surface area contributed by atoms with E-state index in [4.69, 9.17) is 0 Å². The van der Waals surface area contributed by atoms with E-state index in [0.29, 0.717) is 11.8 Å². The van der Waals surface area contributed by atoms with Gasteiger partial charge in [0.25, 0.3) is 0 Å². The normalized spacial score (nSPS) is 14.6. The molecule has 1 N–H and O–H groups in total. The van der Waals surface area contributed by atoms with Crippen molar-refractivity contribution in [3.63, 3.8) is 0 Å². The van der Waals surface area contributed by atoms with Gasteiger partial charge in [0.05, 0.1) is 11.8 Å². The van der Waals surface area contributed by atoms with E-state index >= 15 is 0 Å². The van der Waals surface area contributed by atoms with Crippen LogP contribution in [0.2, 0.25) is 0 Å². The van der Waals surface area contributed by atoms with Crippen molar-refractivity contribution >= 4 is 17.7 Å². The van der Waals surface area contributed by atoms with Crippen molar-refractivity contribution in [3.8, 4) is 11.4 Å². The van der Waals surface area contributed by atoms with Crippen molar-refractivity contribution in [3.05, 3.63) is 59.9 Å². The highest BCUT2D eigenvalue weighted by Crippen LogP contribution is 2.40. The number of hydrogen-bond acceptors (Lipinski definition) is 5. The first-order valence-electron chi connectivity index (χ1n) is 10.0. The Kier molecular flexibility index (Phi) is 5.94. The van der Waals surface area contributed by atoms with Crippen molar-refractivity contribution in [1.82, 2.24) is 25.1 Å². The maximum atomic E-state index is 12.5. The van der Waals surface area contributed by atoms with Crippen molar-refractivity contribution in [2.24, 2.45) is 0 Å². The number of carbonyl (C=O) groups excluding carboxylic acids is 1. The number of rotatable bonds is 8. The van der Waals surface area contributed by atoms with Crippen LogP contribution in [0.5, 0.6) is 0 Å². The fourth-order valence-electron chi connectivity index (χ4n) is 3.27. The van der Waals surface area contributed by atoms with Crippen LogP contribution in [0.1, 0.15) is 49.9 Å². The Hall–Kier alpha value is -2.67. The van der Waals surface area contributed by atoms with E-state index in [1.165, 1.54) is 17.3 Å². The fraction of sp³-hybridized carbons (Fsp3) is 0.364. The minimum atomic E-state index is -0.0266. The van der Waals surface area contributed by atoms with Gasteiger partial charge in [-0.15, -0.1) is 10.2 Å². The predicted octanol–water partition coefficient (Wildman–Crippen LogP) is 4.21. The molecule has 1 atom stereocenters. The van der Waals surface area contributed by atoms with Crippen LogP contribution in [0.25, 0.3) is 11.4 Å². The molecule has 1 amide bonds. The maximum absolute atomic E-state index is 12.5. The van der Waals surface area contributed by atoms with Gasteiger partial charge in [0.1, 0.15) is 0 Å². The van der Waals surface area contributed by atoms with Gasteiger partial charge in [-0.3, -0.25) is 14.3 Å². The minimum absolute atomic E-state index is 0.00431. The van der Waals surface area contributed by atoms with Gasteiger partial charge in [-0.1, -0.05) is 43.0 Å². The molecule has 1 aliphatic carbocycles. The van der Waals surface area contributed by atoms with Crippen LogP contribution >= 0.6 is 11.8 Å². The highest BCUT2D eigenvalue weighted by molar-refractivity contribution is 7.99. The molecule has 0 unspecified atom stereocenters. The fourth-order valence-corrected chi connectivity index (χ4v) is 4.08. The standard InChI is InChI=1S/C22H25N5OS/c1-3-16-6-8-17(9-7-16)15(2)24-20(28)14-29-22-26-25-21(27(22)19-10-11-19)18-5-4-12-23-13-18/h4-9,12-13,15,19H,3,10-11,14H2,1-2H3,(H,24,28)/t15-/m1/s1. The van der Waals surface area contributed by atoms with Gasteiger partial charge < -0.3 is 5.32 Å². The van der Waals surface area contributed by atoms with Gasteiger partial charge in [-0.25, -0.2) is 0 Å². The molecule has 0 radical (unpaired) electrons. The monoisotopic (exact) mass is 407 g/mol. The number of hydrogen-bond donors (Lipinski definition) is 1. The summed E-state index contributed by atoms with van der Waals surface area (Å²) in [5.74, 6) is 1.14. The lowest BCUT2D eigenvalue weighted by Crippen LogP contribution is -2.28. The number of pyridine rings is 1. The number of aromatic nitrogens is 4. The molecule has 2 heterocycles. The molecule has 0 spiro atoms. The molecule has 1 aromatic carbocycles. The molecule has 150 valence electrons. The summed E-state index contributed by atoms with van der Waals surface area (Å²) in [7, 11) is 0. The molecule has 29 heavy (non-hydrogen) atoms. The van der Waals surface area contributed by atoms with Crippen LogP contribution in [0, 0.1) is 0 Å². The predicted molar refractivity (Wildman–Crippen MR) is 115 cm³/mol. The van der Waals surface area contributed by atoms with E-state index in [1.807, 2.05) is 19.1 Å². The second kappa shape index (κ2) is 8.78. The SMILES string of the molecule is CCc1ccc([C@@H](C)NC(=O)CSc2nnc(-c3cccnc3)n2C2CC2)cc1. The van der Waals surface area contributed by atoms with Crippen LogP contribution in [0.15, 0.2) is 53.9 Å². The lowest BCUT2D eigenvalue weighted by molar-refractivity contribution is -0.119. The third-order valence-electron chi connectivity index (χ3n) is 5.09. The van der Waals surface area contributed by atoms with Crippen molar-refractivity contribution in [2.45, 2.75) is 50.4 Å². The molecular weight excluding hydrogens is 382 g/mol. The zero-order valence-electron chi connectivity index (χ0n) is 16.7. The smallest absolute Gasteiger partial charge is 0.230 e. The van der Waals surface area contributed by atoms with Crippen LogP contribution in [0.4, 0.5) is 0 Å². The zero-order valence-corrected chi connectivity index (χ0v) is 17.5. The Morgan fingerprint density at radius 1 is 1.24 bits per heavy atom. The van der Waals surface area contributed by atoms with E-state index in [2.05, 4.69) is 56.3 Å². The number of carbonyl (C=O) groups is 1. The van der Waals surface area contributed by atoms with Gasteiger partial charge in [0, 0.05) is 24.0 Å². The number of nitrogens with zero attached hydrogens (tertiary/aromatic N) is 4. The first kappa shape index (κ1) is 19.6. The third-order valence-corrected chi connectivity index (χ3v) is 6.04. The minimum Gasteiger partial charge on any atom is -0.349 e. The maximum Gasteiger partial charge on any atom is 0.230 e. The highest BCUT2D eigenvalue weighted by Gasteiger charge is 2.30. The Morgan fingerprint density at radius 2 is 2.03 bits per heavy atom. The Labute approximate surface area is 175 Å².